The molecule has 2 heteroatoms. The Balaban J connectivity index is 1.84. The molecule has 1 unspecified atom stereocenters. The Morgan fingerprint density at radius 2 is 1.93 bits per heavy atom. The van der Waals surface area contributed by atoms with E-state index in [0.717, 1.165) is 12.6 Å². The zero-order valence-corrected chi connectivity index (χ0v) is 8.91. The zero-order chi connectivity index (χ0) is 9.80. The van der Waals surface area contributed by atoms with Crippen molar-refractivity contribution in [2.75, 3.05) is 32.7 Å². The normalized spacial score (nSPS) is 30.4. The van der Waals surface area contributed by atoms with E-state index in [1.54, 1.807) is 0 Å². The fourth-order valence-corrected chi connectivity index (χ4v) is 2.71. The van der Waals surface area contributed by atoms with Gasteiger partial charge in [-0.25, -0.2) is 0 Å². The van der Waals surface area contributed by atoms with Gasteiger partial charge in [-0.1, -0.05) is 5.92 Å². The van der Waals surface area contributed by atoms with Crippen molar-refractivity contribution in [3.8, 4) is 12.3 Å². The minimum absolute atomic E-state index is 0.791. The number of likely N-dealkylation sites (tertiary alicyclic amines) is 2. The third-order valence-corrected chi connectivity index (χ3v) is 3.45. The fraction of sp³-hybridized carbons (Fsp3) is 0.833. The number of hydrogen-bond acceptors (Lipinski definition) is 2. The Hall–Kier alpha value is -0.520. The van der Waals surface area contributed by atoms with E-state index in [-0.39, 0.29) is 0 Å². The van der Waals surface area contributed by atoms with Gasteiger partial charge in [0.05, 0.1) is 6.54 Å². The number of terminal acetylenes is 1. The highest BCUT2D eigenvalue weighted by Gasteiger charge is 2.26. The number of piperidine rings is 1. The van der Waals surface area contributed by atoms with E-state index in [1.807, 2.05) is 0 Å². The molecular formula is C12H20N2. The lowest BCUT2D eigenvalue weighted by Crippen LogP contribution is -2.46. The first-order valence-corrected chi connectivity index (χ1v) is 5.80. The lowest BCUT2D eigenvalue weighted by Gasteiger charge is -2.36. The summed E-state index contributed by atoms with van der Waals surface area (Å²) in [6.45, 7) is 5.87. The molecule has 0 aromatic rings. The van der Waals surface area contributed by atoms with Crippen LogP contribution >= 0.6 is 0 Å². The summed E-state index contributed by atoms with van der Waals surface area (Å²) in [5.74, 6) is 2.76. The highest BCUT2D eigenvalue weighted by atomic mass is 15.2. The summed E-state index contributed by atoms with van der Waals surface area (Å²) in [4.78, 5) is 5.08. The van der Waals surface area contributed by atoms with E-state index >= 15 is 0 Å². The molecule has 0 N–H and O–H groups in total. The van der Waals surface area contributed by atoms with Crippen molar-refractivity contribution < 1.29 is 0 Å². The Bertz CT molecular complexity index is 213. The van der Waals surface area contributed by atoms with E-state index in [9.17, 15) is 0 Å². The summed E-state index contributed by atoms with van der Waals surface area (Å²) in [5.41, 5.74) is 0. The molecule has 2 rings (SSSR count). The Labute approximate surface area is 87.3 Å². The lowest BCUT2D eigenvalue weighted by molar-refractivity contribution is 0.125. The van der Waals surface area contributed by atoms with E-state index in [0.29, 0.717) is 0 Å². The van der Waals surface area contributed by atoms with Gasteiger partial charge < -0.3 is 0 Å². The Morgan fingerprint density at radius 3 is 2.64 bits per heavy atom. The average Bonchev–Trinajstić information content (AvgIpc) is 2.71. The molecule has 0 bridgehead atoms. The van der Waals surface area contributed by atoms with Crippen LogP contribution in [0.5, 0.6) is 0 Å². The van der Waals surface area contributed by atoms with Crippen LogP contribution in [0.4, 0.5) is 0 Å². The van der Waals surface area contributed by atoms with Crippen molar-refractivity contribution in [1.82, 2.24) is 9.80 Å². The molecule has 0 aromatic heterocycles. The van der Waals surface area contributed by atoms with Crippen LogP contribution in [0, 0.1) is 12.3 Å². The van der Waals surface area contributed by atoms with Crippen LogP contribution in [0.25, 0.3) is 0 Å². The van der Waals surface area contributed by atoms with Gasteiger partial charge in [0.1, 0.15) is 0 Å². The summed E-state index contributed by atoms with van der Waals surface area (Å²) < 4.78 is 0. The molecule has 2 fully saturated rings. The predicted molar refractivity (Wildman–Crippen MR) is 59.1 cm³/mol. The molecule has 2 saturated heterocycles. The monoisotopic (exact) mass is 192 g/mol. The van der Waals surface area contributed by atoms with Gasteiger partial charge in [-0.2, -0.15) is 0 Å². The molecule has 0 aromatic carbocycles. The van der Waals surface area contributed by atoms with Crippen LogP contribution in [0.15, 0.2) is 0 Å². The first-order valence-electron chi connectivity index (χ1n) is 5.80. The average molecular weight is 192 g/mol. The van der Waals surface area contributed by atoms with E-state index < -0.39 is 0 Å². The summed E-state index contributed by atoms with van der Waals surface area (Å²) >= 11 is 0. The second kappa shape index (κ2) is 4.82. The minimum atomic E-state index is 0.791. The van der Waals surface area contributed by atoms with Crippen molar-refractivity contribution in [1.29, 1.82) is 0 Å². The molecule has 78 valence electrons. The van der Waals surface area contributed by atoms with Crippen LogP contribution in [0.3, 0.4) is 0 Å². The standard InChI is InChI=1S/C12H20N2/c1-2-7-13-8-5-6-12(11-13)14-9-3-4-10-14/h1,12H,3-11H2. The van der Waals surface area contributed by atoms with Crippen molar-refractivity contribution >= 4 is 0 Å². The molecular weight excluding hydrogens is 172 g/mol. The third-order valence-electron chi connectivity index (χ3n) is 3.45. The van der Waals surface area contributed by atoms with Crippen LogP contribution in [0.2, 0.25) is 0 Å². The number of nitrogens with zero attached hydrogens (tertiary/aromatic N) is 2. The second-order valence-corrected chi connectivity index (χ2v) is 4.48. The van der Waals surface area contributed by atoms with Gasteiger partial charge in [-0.05, 0) is 45.3 Å². The third kappa shape index (κ3) is 2.29. The molecule has 2 aliphatic rings. The highest BCUT2D eigenvalue weighted by Crippen LogP contribution is 2.19. The van der Waals surface area contributed by atoms with Crippen molar-refractivity contribution in [3.63, 3.8) is 0 Å². The van der Waals surface area contributed by atoms with Crippen molar-refractivity contribution in [2.24, 2.45) is 0 Å². The molecule has 0 radical (unpaired) electrons. The fourth-order valence-electron chi connectivity index (χ4n) is 2.71. The largest absolute Gasteiger partial charge is 0.299 e. The summed E-state index contributed by atoms with van der Waals surface area (Å²) in [5, 5.41) is 0. The van der Waals surface area contributed by atoms with Gasteiger partial charge in [0.2, 0.25) is 0 Å². The molecule has 1 atom stereocenters. The first-order chi connectivity index (χ1) is 6.90. The van der Waals surface area contributed by atoms with E-state index in [4.69, 9.17) is 6.42 Å². The van der Waals surface area contributed by atoms with Gasteiger partial charge in [0, 0.05) is 12.6 Å². The maximum Gasteiger partial charge on any atom is 0.0599 e. The number of hydrogen-bond donors (Lipinski definition) is 0. The van der Waals surface area contributed by atoms with Crippen molar-refractivity contribution in [2.45, 2.75) is 31.7 Å². The molecule has 0 saturated carbocycles. The number of rotatable bonds is 2. The molecule has 0 aliphatic carbocycles. The van der Waals surface area contributed by atoms with Gasteiger partial charge >= 0.3 is 0 Å². The van der Waals surface area contributed by atoms with E-state index in [1.165, 1.54) is 51.9 Å². The topological polar surface area (TPSA) is 6.48 Å². The van der Waals surface area contributed by atoms with Gasteiger partial charge in [0.25, 0.3) is 0 Å². The molecule has 0 spiro atoms. The molecule has 2 nitrogen and oxygen atoms in total. The highest BCUT2D eigenvalue weighted by molar-refractivity contribution is 4.92. The van der Waals surface area contributed by atoms with Gasteiger partial charge in [-0.15, -0.1) is 6.42 Å². The quantitative estimate of drug-likeness (QED) is 0.606. The van der Waals surface area contributed by atoms with Gasteiger partial charge in [-0.3, -0.25) is 9.80 Å². The predicted octanol–water partition coefficient (Wildman–Crippen LogP) is 1.18. The molecule has 0 amide bonds. The maximum absolute atomic E-state index is 5.35. The Kier molecular flexibility index (Phi) is 3.44. The SMILES string of the molecule is C#CCN1CCCC(N2CCCC2)C1. The summed E-state index contributed by atoms with van der Waals surface area (Å²) in [6, 6.07) is 0.791. The van der Waals surface area contributed by atoms with Crippen LogP contribution in [-0.2, 0) is 0 Å². The zero-order valence-electron chi connectivity index (χ0n) is 8.91. The van der Waals surface area contributed by atoms with E-state index in [2.05, 4.69) is 15.7 Å². The van der Waals surface area contributed by atoms with Crippen molar-refractivity contribution in [3.05, 3.63) is 0 Å². The second-order valence-electron chi connectivity index (χ2n) is 4.48. The van der Waals surface area contributed by atoms with Crippen LogP contribution in [-0.4, -0.2) is 48.6 Å². The van der Waals surface area contributed by atoms with Gasteiger partial charge in [0.15, 0.2) is 0 Å². The van der Waals surface area contributed by atoms with Crippen LogP contribution < -0.4 is 0 Å². The molecule has 2 heterocycles. The minimum Gasteiger partial charge on any atom is -0.299 e. The first kappa shape index (κ1) is 10.0. The lowest BCUT2D eigenvalue weighted by atomic mass is 10.0. The summed E-state index contributed by atoms with van der Waals surface area (Å²) in [7, 11) is 0. The van der Waals surface area contributed by atoms with Crippen LogP contribution in [0.1, 0.15) is 25.7 Å². The maximum atomic E-state index is 5.35. The smallest absolute Gasteiger partial charge is 0.0599 e. The molecule has 14 heavy (non-hydrogen) atoms. The Morgan fingerprint density at radius 1 is 1.14 bits per heavy atom. The summed E-state index contributed by atoms with van der Waals surface area (Å²) in [6.07, 6.45) is 10.8. The molecule has 2 aliphatic heterocycles.